The molecule has 6 nitrogen and oxygen atoms in total. The molecule has 0 aromatic heterocycles. The normalized spacial score (nSPS) is 18.9. The third kappa shape index (κ3) is 4.27. The molecular formula is C19H21FN3O3S+. The number of halogens is 1. The van der Waals surface area contributed by atoms with Crippen LogP contribution in [-0.4, -0.2) is 51.4 Å². The molecule has 1 aromatic carbocycles. The summed E-state index contributed by atoms with van der Waals surface area (Å²) in [6.07, 6.45) is 3.31. The summed E-state index contributed by atoms with van der Waals surface area (Å²) in [5.41, 5.74) is 1.32. The average Bonchev–Trinajstić information content (AvgIpc) is 3.14. The molecule has 27 heavy (non-hydrogen) atoms. The topological polar surface area (TPSA) is 69.5 Å². The van der Waals surface area contributed by atoms with Crippen LogP contribution in [0.2, 0.25) is 0 Å². The Bertz CT molecular complexity index is 820. The maximum atomic E-state index is 12.9. The van der Waals surface area contributed by atoms with Gasteiger partial charge in [0.15, 0.2) is 11.8 Å². The van der Waals surface area contributed by atoms with Crippen molar-refractivity contribution >= 4 is 35.3 Å². The minimum atomic E-state index is -0.468. The zero-order valence-electron chi connectivity index (χ0n) is 15.0. The molecule has 0 bridgehead atoms. The van der Waals surface area contributed by atoms with Gasteiger partial charge in [0, 0.05) is 6.54 Å². The van der Waals surface area contributed by atoms with Crippen molar-refractivity contribution in [1.29, 1.82) is 0 Å². The number of thioether (sulfide) groups is 1. The van der Waals surface area contributed by atoms with Gasteiger partial charge in [0.1, 0.15) is 11.5 Å². The number of carbonyl (C=O) groups excluding carboxylic acids is 3. The first-order chi connectivity index (χ1) is 13.0. The van der Waals surface area contributed by atoms with Crippen LogP contribution in [0.25, 0.3) is 0 Å². The molecule has 2 heterocycles. The van der Waals surface area contributed by atoms with Crippen molar-refractivity contribution in [3.05, 3.63) is 47.1 Å². The van der Waals surface area contributed by atoms with Crippen molar-refractivity contribution in [2.75, 3.05) is 13.1 Å². The highest BCUT2D eigenvalue weighted by Gasteiger charge is 2.48. The van der Waals surface area contributed by atoms with Gasteiger partial charge in [0.25, 0.3) is 5.91 Å². The van der Waals surface area contributed by atoms with Crippen LogP contribution in [0.15, 0.2) is 35.7 Å². The Hall–Kier alpha value is -2.48. The number of hydrogen-bond donors (Lipinski definition) is 1. The van der Waals surface area contributed by atoms with E-state index in [0.717, 1.165) is 18.4 Å². The molecule has 2 aliphatic rings. The number of nitrogens with one attached hydrogen (secondary N) is 1. The van der Waals surface area contributed by atoms with Gasteiger partial charge in [-0.3, -0.25) is 4.79 Å². The smallest absolute Gasteiger partial charge is 0.349 e. The number of amides is 4. The molecule has 8 heteroatoms. The van der Waals surface area contributed by atoms with Crippen LogP contribution in [0.4, 0.5) is 9.18 Å². The molecule has 0 saturated heterocycles. The predicted molar refractivity (Wildman–Crippen MR) is 101 cm³/mol. The Morgan fingerprint density at radius 1 is 1.30 bits per heavy atom. The van der Waals surface area contributed by atoms with Gasteiger partial charge in [-0.2, -0.15) is 14.3 Å². The van der Waals surface area contributed by atoms with E-state index < -0.39 is 11.3 Å². The Labute approximate surface area is 161 Å². The van der Waals surface area contributed by atoms with Gasteiger partial charge in [-0.15, -0.1) is 11.8 Å². The van der Waals surface area contributed by atoms with E-state index >= 15 is 0 Å². The van der Waals surface area contributed by atoms with Gasteiger partial charge < -0.3 is 5.32 Å². The van der Waals surface area contributed by atoms with Crippen molar-refractivity contribution in [3.8, 4) is 0 Å². The van der Waals surface area contributed by atoms with E-state index in [1.807, 2.05) is 6.92 Å². The van der Waals surface area contributed by atoms with Crippen molar-refractivity contribution in [2.45, 2.75) is 31.6 Å². The third-order valence-corrected chi connectivity index (χ3v) is 5.43. The van der Waals surface area contributed by atoms with Gasteiger partial charge in [-0.05, 0) is 35.6 Å². The number of urea groups is 1. The number of unbranched alkanes of at least 4 members (excludes halogenated alkanes) is 1. The molecule has 3 rings (SSSR count). The average molecular weight is 390 g/mol. The minimum absolute atomic E-state index is 0.160. The fourth-order valence-electron chi connectivity index (χ4n) is 2.94. The van der Waals surface area contributed by atoms with Crippen LogP contribution in [0, 0.1) is 5.82 Å². The van der Waals surface area contributed by atoms with Gasteiger partial charge in [-0.25, -0.2) is 9.18 Å². The number of benzene rings is 1. The lowest BCUT2D eigenvalue weighted by Crippen LogP contribution is -2.56. The fourth-order valence-corrected chi connectivity index (χ4v) is 3.90. The molecular weight excluding hydrogens is 369 g/mol. The molecule has 1 N–H and O–H groups in total. The highest BCUT2D eigenvalue weighted by Crippen LogP contribution is 2.27. The number of rotatable bonds is 7. The van der Waals surface area contributed by atoms with E-state index in [1.54, 1.807) is 23.6 Å². The first kappa shape index (κ1) is 19.3. The predicted octanol–water partition coefficient (Wildman–Crippen LogP) is 2.29. The number of fused-ring (bicyclic) bond motifs is 1. The number of allylic oxidation sites excluding steroid dienone is 1. The highest BCUT2D eigenvalue weighted by atomic mass is 32.2. The molecule has 0 saturated carbocycles. The van der Waals surface area contributed by atoms with Gasteiger partial charge in [0.05, 0.1) is 6.54 Å². The van der Waals surface area contributed by atoms with Gasteiger partial charge in [-0.1, -0.05) is 25.5 Å². The highest BCUT2D eigenvalue weighted by molar-refractivity contribution is 8.04. The lowest BCUT2D eigenvalue weighted by molar-refractivity contribution is -0.426. The minimum Gasteiger partial charge on any atom is -0.349 e. The molecule has 1 unspecified atom stereocenters. The summed E-state index contributed by atoms with van der Waals surface area (Å²) in [4.78, 5) is 38.9. The molecule has 1 atom stereocenters. The van der Waals surface area contributed by atoms with Gasteiger partial charge >= 0.3 is 11.9 Å². The molecule has 4 amide bonds. The van der Waals surface area contributed by atoms with Crippen LogP contribution in [0.3, 0.4) is 0 Å². The quantitative estimate of drug-likeness (QED) is 0.726. The summed E-state index contributed by atoms with van der Waals surface area (Å²) in [5.74, 6) is -0.899. The Balaban J connectivity index is 1.71. The Morgan fingerprint density at radius 3 is 2.74 bits per heavy atom. The van der Waals surface area contributed by atoms with E-state index in [-0.39, 0.29) is 30.7 Å². The maximum Gasteiger partial charge on any atom is 0.501 e. The number of carbonyl (C=O) groups is 3. The summed E-state index contributed by atoms with van der Waals surface area (Å²) in [6.45, 7) is 2.42. The molecule has 0 spiro atoms. The zero-order chi connectivity index (χ0) is 19.4. The van der Waals surface area contributed by atoms with Gasteiger partial charge in [0.2, 0.25) is 0 Å². The summed E-state index contributed by atoms with van der Waals surface area (Å²) < 4.78 is 14.3. The van der Waals surface area contributed by atoms with Crippen molar-refractivity contribution in [3.63, 3.8) is 0 Å². The number of imide groups is 1. The molecule has 0 aliphatic carbocycles. The Kier molecular flexibility index (Phi) is 6.05. The summed E-state index contributed by atoms with van der Waals surface area (Å²) >= 11 is 1.35. The van der Waals surface area contributed by atoms with Crippen LogP contribution in [0.1, 0.15) is 25.3 Å². The zero-order valence-corrected chi connectivity index (χ0v) is 15.8. The van der Waals surface area contributed by atoms with E-state index in [9.17, 15) is 18.8 Å². The van der Waals surface area contributed by atoms with Crippen molar-refractivity contribution in [2.24, 2.45) is 0 Å². The van der Waals surface area contributed by atoms with E-state index in [2.05, 4.69) is 5.32 Å². The van der Waals surface area contributed by atoms with Crippen LogP contribution < -0.4 is 5.32 Å². The fraction of sp³-hybridized carbons (Fsp3) is 0.368. The van der Waals surface area contributed by atoms with Crippen LogP contribution in [0.5, 0.6) is 0 Å². The molecule has 0 radical (unpaired) electrons. The largest absolute Gasteiger partial charge is 0.501 e. The lowest BCUT2D eigenvalue weighted by Gasteiger charge is -2.24. The maximum absolute atomic E-state index is 12.9. The number of hydrogen-bond acceptors (Lipinski definition) is 4. The molecule has 0 fully saturated rings. The SMILES string of the molecule is CCCCN1C(=O)C2SC=CC2=[N+](CC(=O)NCc2ccc(F)cc2)C1=O. The Morgan fingerprint density at radius 2 is 2.04 bits per heavy atom. The van der Waals surface area contributed by atoms with Crippen molar-refractivity contribution < 1.29 is 23.3 Å². The van der Waals surface area contributed by atoms with E-state index in [0.29, 0.717) is 12.3 Å². The molecule has 1 aromatic rings. The summed E-state index contributed by atoms with van der Waals surface area (Å²) in [5, 5.41) is 4.04. The van der Waals surface area contributed by atoms with Crippen molar-refractivity contribution in [1.82, 2.24) is 10.2 Å². The summed E-state index contributed by atoms with van der Waals surface area (Å²) in [6, 6.07) is 5.38. The second-order valence-electron chi connectivity index (χ2n) is 6.36. The summed E-state index contributed by atoms with van der Waals surface area (Å²) in [7, 11) is 0. The standard InChI is InChI=1S/C19H20FN3O3S/c1-2-3-9-22-18(25)17-15(8-10-27-17)23(19(22)26)12-16(24)21-11-13-4-6-14(20)7-5-13/h4-8,10,17H,2-3,9,11-12H2,1H3/p+1. The third-order valence-electron chi connectivity index (χ3n) is 4.43. The molecule has 2 aliphatic heterocycles. The second-order valence-corrected chi connectivity index (χ2v) is 7.37. The first-order valence-electron chi connectivity index (χ1n) is 8.84. The molecule has 142 valence electrons. The van der Waals surface area contributed by atoms with Crippen LogP contribution >= 0.6 is 11.8 Å². The number of nitrogens with zero attached hydrogens (tertiary/aromatic N) is 2. The lowest BCUT2D eigenvalue weighted by atomic mass is 10.1. The monoisotopic (exact) mass is 390 g/mol. The second kappa shape index (κ2) is 8.47. The van der Waals surface area contributed by atoms with E-state index in [1.165, 1.54) is 33.4 Å². The first-order valence-corrected chi connectivity index (χ1v) is 9.78. The van der Waals surface area contributed by atoms with E-state index in [4.69, 9.17) is 0 Å². The van der Waals surface area contributed by atoms with Crippen LogP contribution in [-0.2, 0) is 16.1 Å².